The smallest absolute Gasteiger partial charge is 0.158 e. The van der Waals surface area contributed by atoms with Crippen molar-refractivity contribution in [3.05, 3.63) is 78.3 Å². The summed E-state index contributed by atoms with van der Waals surface area (Å²) in [5, 5.41) is 3.43. The molecule has 0 spiro atoms. The van der Waals surface area contributed by atoms with E-state index < -0.39 is 0 Å². The van der Waals surface area contributed by atoms with E-state index in [1.165, 1.54) is 18.4 Å². The molecule has 1 aliphatic rings. The van der Waals surface area contributed by atoms with Gasteiger partial charge < -0.3 is 20.4 Å². The number of hydrogen-bond acceptors (Lipinski definition) is 5. The van der Waals surface area contributed by atoms with Gasteiger partial charge in [0.25, 0.3) is 0 Å². The second kappa shape index (κ2) is 8.85. The summed E-state index contributed by atoms with van der Waals surface area (Å²) < 4.78 is 8.26. The van der Waals surface area contributed by atoms with Crippen LogP contribution in [-0.2, 0) is 6.54 Å². The Hall–Kier alpha value is -3.64. The lowest BCUT2D eigenvalue weighted by Crippen LogP contribution is -2.10. The minimum atomic E-state index is 0.556. The molecule has 5 rings (SSSR count). The minimum Gasteiger partial charge on any atom is -0.457 e. The zero-order valence-corrected chi connectivity index (χ0v) is 18.2. The van der Waals surface area contributed by atoms with Crippen LogP contribution in [0.5, 0.6) is 11.5 Å². The Bertz CT molecular complexity index is 1270. The lowest BCUT2D eigenvalue weighted by molar-refractivity contribution is 0.479. The van der Waals surface area contributed by atoms with Crippen LogP contribution in [0, 0.1) is 12.8 Å². The van der Waals surface area contributed by atoms with Gasteiger partial charge in [0.05, 0.1) is 5.52 Å². The van der Waals surface area contributed by atoms with Crippen molar-refractivity contribution in [3.8, 4) is 11.5 Å². The fourth-order valence-corrected chi connectivity index (χ4v) is 3.77. The maximum atomic E-state index is 6.18. The zero-order valence-electron chi connectivity index (χ0n) is 18.2. The number of ether oxygens (including phenoxy) is 1. The van der Waals surface area contributed by atoms with Crippen molar-refractivity contribution in [2.45, 2.75) is 26.3 Å². The normalized spacial score (nSPS) is 13.7. The lowest BCUT2D eigenvalue weighted by atomic mass is 10.1. The van der Waals surface area contributed by atoms with Crippen LogP contribution in [0.3, 0.4) is 0 Å². The molecule has 0 saturated heterocycles. The zero-order chi connectivity index (χ0) is 21.9. The van der Waals surface area contributed by atoms with Gasteiger partial charge in [0, 0.05) is 25.0 Å². The van der Waals surface area contributed by atoms with E-state index >= 15 is 0 Å². The third-order valence-corrected chi connectivity index (χ3v) is 5.63. The third kappa shape index (κ3) is 4.50. The van der Waals surface area contributed by atoms with Crippen LogP contribution in [0.1, 0.15) is 24.0 Å². The number of rotatable bonds is 8. The van der Waals surface area contributed by atoms with Crippen LogP contribution < -0.4 is 15.8 Å². The van der Waals surface area contributed by atoms with E-state index in [-0.39, 0.29) is 0 Å². The SMILES string of the molecule is Cc1cc(Nc2ncnc3ccn(CCN)c23)ccc1Oc1cccc(C=CC2CC2)c1. The molecule has 0 bridgehead atoms. The Kier molecular flexibility index (Phi) is 5.60. The molecule has 1 saturated carbocycles. The van der Waals surface area contributed by atoms with Crippen LogP contribution >= 0.6 is 0 Å². The first-order valence-corrected chi connectivity index (χ1v) is 11.0. The summed E-state index contributed by atoms with van der Waals surface area (Å²) in [5.41, 5.74) is 10.7. The van der Waals surface area contributed by atoms with E-state index in [1.54, 1.807) is 6.33 Å². The van der Waals surface area contributed by atoms with Crippen LogP contribution in [0.25, 0.3) is 17.1 Å². The van der Waals surface area contributed by atoms with Crippen LogP contribution in [0.2, 0.25) is 0 Å². The Morgan fingerprint density at radius 1 is 1.16 bits per heavy atom. The summed E-state index contributed by atoms with van der Waals surface area (Å²) in [5.74, 6) is 3.19. The summed E-state index contributed by atoms with van der Waals surface area (Å²) in [4.78, 5) is 8.82. The fraction of sp³-hybridized carbons (Fsp3) is 0.231. The molecule has 1 fully saturated rings. The summed E-state index contributed by atoms with van der Waals surface area (Å²) >= 11 is 0. The number of nitrogens with one attached hydrogen (secondary N) is 1. The summed E-state index contributed by atoms with van der Waals surface area (Å²) in [6, 6.07) is 16.2. The number of allylic oxidation sites excluding steroid dienone is 1. The van der Waals surface area contributed by atoms with Crippen LogP contribution in [0.4, 0.5) is 11.5 Å². The maximum Gasteiger partial charge on any atom is 0.158 e. The van der Waals surface area contributed by atoms with Gasteiger partial charge in [-0.25, -0.2) is 9.97 Å². The first kappa shape index (κ1) is 20.3. The quantitative estimate of drug-likeness (QED) is 0.381. The largest absolute Gasteiger partial charge is 0.457 e. The topological polar surface area (TPSA) is 78.0 Å². The van der Waals surface area contributed by atoms with Gasteiger partial charge in [-0.2, -0.15) is 0 Å². The highest BCUT2D eigenvalue weighted by Crippen LogP contribution is 2.32. The first-order chi connectivity index (χ1) is 15.7. The molecule has 0 radical (unpaired) electrons. The second-order valence-electron chi connectivity index (χ2n) is 8.23. The van der Waals surface area contributed by atoms with Crippen molar-refractivity contribution in [2.24, 2.45) is 11.7 Å². The number of aryl methyl sites for hydroxylation is 1. The molecule has 32 heavy (non-hydrogen) atoms. The summed E-state index contributed by atoms with van der Waals surface area (Å²) in [6.45, 7) is 3.32. The highest BCUT2D eigenvalue weighted by molar-refractivity contribution is 5.88. The van der Waals surface area contributed by atoms with Gasteiger partial charge in [-0.05, 0) is 73.2 Å². The molecule has 2 aromatic carbocycles. The lowest BCUT2D eigenvalue weighted by Gasteiger charge is -2.13. The molecule has 0 amide bonds. The van der Waals surface area contributed by atoms with E-state index in [0.29, 0.717) is 13.1 Å². The molecule has 0 unspecified atom stereocenters. The number of fused-ring (bicyclic) bond motifs is 1. The molecule has 4 aromatic rings. The van der Waals surface area contributed by atoms with Crippen molar-refractivity contribution in [1.82, 2.24) is 14.5 Å². The Morgan fingerprint density at radius 2 is 2.06 bits per heavy atom. The van der Waals surface area contributed by atoms with Crippen molar-refractivity contribution in [3.63, 3.8) is 0 Å². The van der Waals surface area contributed by atoms with Crippen LogP contribution in [-0.4, -0.2) is 21.1 Å². The number of anilines is 2. The third-order valence-electron chi connectivity index (χ3n) is 5.63. The molecule has 6 nitrogen and oxygen atoms in total. The number of benzene rings is 2. The van der Waals surface area contributed by atoms with E-state index in [9.17, 15) is 0 Å². The Morgan fingerprint density at radius 3 is 2.88 bits per heavy atom. The number of hydrogen-bond donors (Lipinski definition) is 2. The van der Waals surface area contributed by atoms with E-state index in [0.717, 1.165) is 45.5 Å². The van der Waals surface area contributed by atoms with Gasteiger partial charge in [0.2, 0.25) is 0 Å². The molecular weight excluding hydrogens is 398 g/mol. The van der Waals surface area contributed by atoms with Crippen LogP contribution in [0.15, 0.2) is 67.1 Å². The van der Waals surface area contributed by atoms with E-state index in [2.05, 4.69) is 50.2 Å². The highest BCUT2D eigenvalue weighted by atomic mass is 16.5. The molecule has 162 valence electrons. The van der Waals surface area contributed by atoms with E-state index in [1.807, 2.05) is 43.5 Å². The Balaban J connectivity index is 1.35. The second-order valence-corrected chi connectivity index (χ2v) is 8.23. The number of nitrogens with zero attached hydrogens (tertiary/aromatic N) is 3. The molecule has 0 aliphatic heterocycles. The predicted octanol–water partition coefficient (Wildman–Crippen LogP) is 5.66. The van der Waals surface area contributed by atoms with Gasteiger partial charge >= 0.3 is 0 Å². The molecule has 6 heteroatoms. The van der Waals surface area contributed by atoms with Gasteiger partial charge in [-0.3, -0.25) is 0 Å². The van der Waals surface area contributed by atoms with Gasteiger partial charge in [0.1, 0.15) is 23.3 Å². The molecule has 3 N–H and O–H groups in total. The molecule has 1 aliphatic carbocycles. The summed E-state index contributed by atoms with van der Waals surface area (Å²) in [6.07, 6.45) is 10.7. The highest BCUT2D eigenvalue weighted by Gasteiger charge is 2.17. The van der Waals surface area contributed by atoms with Crippen molar-refractivity contribution in [1.29, 1.82) is 0 Å². The standard InChI is InChI=1S/C26H27N5O/c1-18-15-21(30-26-25-23(28-17-29-26)11-13-31(25)14-12-27)9-10-24(18)32-22-4-2-3-20(16-22)8-7-19-5-6-19/h2-4,7-11,13,15-17,19H,5-6,12,14,27H2,1H3,(H,28,29,30). The molecular formula is C26H27N5O. The Labute approximate surface area is 187 Å². The van der Waals surface area contributed by atoms with Crippen molar-refractivity contribution >= 4 is 28.6 Å². The average Bonchev–Trinajstić information content (AvgIpc) is 3.54. The minimum absolute atomic E-state index is 0.556. The van der Waals surface area contributed by atoms with Gasteiger partial charge in [-0.1, -0.05) is 24.3 Å². The van der Waals surface area contributed by atoms with Crippen molar-refractivity contribution in [2.75, 3.05) is 11.9 Å². The van der Waals surface area contributed by atoms with E-state index in [4.69, 9.17) is 10.5 Å². The van der Waals surface area contributed by atoms with Crippen molar-refractivity contribution < 1.29 is 4.74 Å². The molecule has 2 aromatic heterocycles. The first-order valence-electron chi connectivity index (χ1n) is 11.0. The summed E-state index contributed by atoms with van der Waals surface area (Å²) in [7, 11) is 0. The number of nitrogens with two attached hydrogens (primary N) is 1. The monoisotopic (exact) mass is 425 g/mol. The van der Waals surface area contributed by atoms with Gasteiger partial charge in [-0.15, -0.1) is 0 Å². The number of aromatic nitrogens is 3. The van der Waals surface area contributed by atoms with Gasteiger partial charge in [0.15, 0.2) is 5.82 Å². The molecule has 0 atom stereocenters. The predicted molar refractivity (Wildman–Crippen MR) is 129 cm³/mol. The molecule has 2 heterocycles. The fourth-order valence-electron chi connectivity index (χ4n) is 3.77. The average molecular weight is 426 g/mol. The maximum absolute atomic E-state index is 6.18.